The minimum Gasteiger partial charge on any atom is -0.367 e. The molecule has 4 heteroatoms. The lowest BCUT2D eigenvalue weighted by molar-refractivity contribution is 0.428. The van der Waals surface area contributed by atoms with Crippen molar-refractivity contribution in [1.29, 1.82) is 0 Å². The molecule has 14 heavy (non-hydrogen) atoms. The average molecular weight is 206 g/mol. The highest BCUT2D eigenvalue weighted by molar-refractivity contribution is 7.13. The zero-order valence-corrected chi connectivity index (χ0v) is 8.38. The van der Waals surface area contributed by atoms with E-state index in [0.29, 0.717) is 11.8 Å². The summed E-state index contributed by atoms with van der Waals surface area (Å²) in [6.45, 7) is 0. The van der Waals surface area contributed by atoms with E-state index in [1.165, 1.54) is 12.8 Å². The molecule has 2 aromatic rings. The molecule has 1 aliphatic rings. The molecule has 1 saturated carbocycles. The van der Waals surface area contributed by atoms with Crippen LogP contribution in [0.4, 0.5) is 5.88 Å². The molecule has 1 fully saturated rings. The Kier molecular flexibility index (Phi) is 1.64. The smallest absolute Gasteiger partial charge is 0.231 e. The molecular formula is C10H10N2OS. The second-order valence-corrected chi connectivity index (χ2v) is 4.51. The Morgan fingerprint density at radius 2 is 2.36 bits per heavy atom. The average Bonchev–Trinajstić information content (AvgIpc) is 2.75. The van der Waals surface area contributed by atoms with E-state index in [9.17, 15) is 0 Å². The van der Waals surface area contributed by atoms with Gasteiger partial charge < -0.3 is 10.3 Å². The molecule has 2 N–H and O–H groups in total. The molecule has 0 spiro atoms. The van der Waals surface area contributed by atoms with E-state index >= 15 is 0 Å². The van der Waals surface area contributed by atoms with Gasteiger partial charge in [-0.15, -0.1) is 11.3 Å². The summed E-state index contributed by atoms with van der Waals surface area (Å²) in [4.78, 5) is 1.16. The van der Waals surface area contributed by atoms with Crippen LogP contribution in [-0.2, 0) is 0 Å². The number of nitrogen functional groups attached to an aromatic ring is 1. The highest BCUT2D eigenvalue weighted by Crippen LogP contribution is 2.46. The van der Waals surface area contributed by atoms with Crippen LogP contribution in [0.15, 0.2) is 22.0 Å². The Labute approximate surface area is 85.5 Å². The number of anilines is 1. The maximum atomic E-state index is 5.78. The molecule has 0 unspecified atom stereocenters. The number of hydrogen-bond donors (Lipinski definition) is 1. The van der Waals surface area contributed by atoms with E-state index in [4.69, 9.17) is 10.3 Å². The topological polar surface area (TPSA) is 52.0 Å². The maximum absolute atomic E-state index is 5.78. The second kappa shape index (κ2) is 2.85. The van der Waals surface area contributed by atoms with E-state index in [0.717, 1.165) is 16.1 Å². The molecule has 0 aromatic carbocycles. The number of thiophene rings is 1. The predicted molar refractivity (Wildman–Crippen MR) is 56.2 cm³/mol. The van der Waals surface area contributed by atoms with Gasteiger partial charge in [-0.05, 0) is 24.3 Å². The van der Waals surface area contributed by atoms with Crippen LogP contribution in [-0.4, -0.2) is 5.16 Å². The minimum atomic E-state index is 0.453. The van der Waals surface area contributed by atoms with Crippen molar-refractivity contribution >= 4 is 17.2 Å². The summed E-state index contributed by atoms with van der Waals surface area (Å²) in [7, 11) is 0. The number of aromatic nitrogens is 1. The van der Waals surface area contributed by atoms with Crippen LogP contribution < -0.4 is 5.73 Å². The Morgan fingerprint density at radius 1 is 1.50 bits per heavy atom. The first-order chi connectivity index (χ1) is 6.86. The van der Waals surface area contributed by atoms with Gasteiger partial charge in [-0.2, -0.15) is 0 Å². The first kappa shape index (κ1) is 8.05. The second-order valence-electron chi connectivity index (χ2n) is 3.56. The van der Waals surface area contributed by atoms with Gasteiger partial charge in [0.05, 0.1) is 11.3 Å². The molecule has 72 valence electrons. The van der Waals surface area contributed by atoms with Gasteiger partial charge in [-0.3, -0.25) is 0 Å². The molecule has 0 saturated heterocycles. The van der Waals surface area contributed by atoms with E-state index < -0.39 is 0 Å². The largest absolute Gasteiger partial charge is 0.367 e. The molecule has 3 rings (SSSR count). The maximum Gasteiger partial charge on any atom is 0.231 e. The zero-order valence-electron chi connectivity index (χ0n) is 7.56. The Bertz CT molecular complexity index is 443. The van der Waals surface area contributed by atoms with Crippen molar-refractivity contribution in [2.24, 2.45) is 0 Å². The molecule has 0 bridgehead atoms. The van der Waals surface area contributed by atoms with Gasteiger partial charge in [0.25, 0.3) is 0 Å². The van der Waals surface area contributed by atoms with Crippen LogP contribution in [0.1, 0.15) is 24.5 Å². The van der Waals surface area contributed by atoms with Gasteiger partial charge >= 0.3 is 0 Å². The summed E-state index contributed by atoms with van der Waals surface area (Å²) < 4.78 is 5.06. The van der Waals surface area contributed by atoms with Crippen molar-refractivity contribution in [2.75, 3.05) is 5.73 Å². The highest BCUT2D eigenvalue weighted by atomic mass is 32.1. The Balaban J connectivity index is 2.14. The van der Waals surface area contributed by atoms with E-state index in [1.807, 2.05) is 11.4 Å². The zero-order chi connectivity index (χ0) is 9.54. The number of nitrogens with two attached hydrogens (primary N) is 1. The summed E-state index contributed by atoms with van der Waals surface area (Å²) in [5.74, 6) is 1.03. The normalized spacial score (nSPS) is 16.0. The molecule has 0 atom stereocenters. The third-order valence-electron chi connectivity index (χ3n) is 2.48. The molecular weight excluding hydrogens is 196 g/mol. The first-order valence-corrected chi connectivity index (χ1v) is 5.53. The van der Waals surface area contributed by atoms with Crippen LogP contribution in [0.3, 0.4) is 0 Å². The van der Waals surface area contributed by atoms with E-state index in [-0.39, 0.29) is 0 Å². The summed E-state index contributed by atoms with van der Waals surface area (Å²) in [5.41, 5.74) is 7.84. The fourth-order valence-electron chi connectivity index (χ4n) is 1.62. The SMILES string of the molecule is Nc1onc(C2CC2)c1-c1cccs1. The number of nitrogens with zero attached hydrogens (tertiary/aromatic N) is 1. The van der Waals surface area contributed by atoms with Gasteiger partial charge in [0.15, 0.2) is 0 Å². The monoisotopic (exact) mass is 206 g/mol. The lowest BCUT2D eigenvalue weighted by Crippen LogP contribution is -1.86. The van der Waals surface area contributed by atoms with Crippen LogP contribution in [0, 0.1) is 0 Å². The van der Waals surface area contributed by atoms with Crippen molar-refractivity contribution < 1.29 is 4.52 Å². The third kappa shape index (κ3) is 1.14. The Morgan fingerprint density at radius 3 is 3.00 bits per heavy atom. The summed E-state index contributed by atoms with van der Waals surface area (Å²) in [5, 5.41) is 6.08. The lowest BCUT2D eigenvalue weighted by Gasteiger charge is -1.95. The van der Waals surface area contributed by atoms with Crippen LogP contribution in [0.5, 0.6) is 0 Å². The van der Waals surface area contributed by atoms with Gasteiger partial charge in [-0.25, -0.2) is 0 Å². The van der Waals surface area contributed by atoms with Crippen LogP contribution >= 0.6 is 11.3 Å². The molecule has 3 nitrogen and oxygen atoms in total. The van der Waals surface area contributed by atoms with Gasteiger partial charge in [0, 0.05) is 10.8 Å². The number of rotatable bonds is 2. The highest BCUT2D eigenvalue weighted by Gasteiger charge is 2.31. The lowest BCUT2D eigenvalue weighted by atomic mass is 10.1. The van der Waals surface area contributed by atoms with Gasteiger partial charge in [0.2, 0.25) is 5.88 Å². The third-order valence-corrected chi connectivity index (χ3v) is 3.36. The van der Waals surface area contributed by atoms with Crippen molar-refractivity contribution in [1.82, 2.24) is 5.16 Å². The summed E-state index contributed by atoms with van der Waals surface area (Å²) in [6.07, 6.45) is 2.43. The molecule has 2 heterocycles. The van der Waals surface area contributed by atoms with Gasteiger partial charge in [-0.1, -0.05) is 11.2 Å². The molecule has 0 aliphatic heterocycles. The fraction of sp³-hybridized carbons (Fsp3) is 0.300. The van der Waals surface area contributed by atoms with Crippen molar-refractivity contribution in [2.45, 2.75) is 18.8 Å². The fourth-order valence-corrected chi connectivity index (χ4v) is 2.40. The van der Waals surface area contributed by atoms with Gasteiger partial charge in [0.1, 0.15) is 0 Å². The minimum absolute atomic E-state index is 0.453. The van der Waals surface area contributed by atoms with Crippen LogP contribution in [0.2, 0.25) is 0 Å². The van der Waals surface area contributed by atoms with Crippen molar-refractivity contribution in [3.63, 3.8) is 0 Å². The first-order valence-electron chi connectivity index (χ1n) is 4.65. The molecule has 0 radical (unpaired) electrons. The van der Waals surface area contributed by atoms with E-state index in [2.05, 4.69) is 11.2 Å². The Hall–Kier alpha value is -1.29. The molecule has 2 aromatic heterocycles. The number of hydrogen-bond acceptors (Lipinski definition) is 4. The van der Waals surface area contributed by atoms with Crippen LogP contribution in [0.25, 0.3) is 10.4 Å². The molecule has 1 aliphatic carbocycles. The summed E-state index contributed by atoms with van der Waals surface area (Å²) >= 11 is 1.67. The quantitative estimate of drug-likeness (QED) is 0.822. The standard InChI is InChI=1S/C10H10N2OS/c11-10-8(7-2-1-5-14-7)9(12-13-10)6-3-4-6/h1-2,5-6H,3-4,11H2. The summed E-state index contributed by atoms with van der Waals surface area (Å²) in [6, 6.07) is 4.07. The van der Waals surface area contributed by atoms with Crippen molar-refractivity contribution in [3.8, 4) is 10.4 Å². The predicted octanol–water partition coefficient (Wildman–Crippen LogP) is 2.86. The van der Waals surface area contributed by atoms with E-state index in [1.54, 1.807) is 11.3 Å². The van der Waals surface area contributed by atoms with Crippen molar-refractivity contribution in [3.05, 3.63) is 23.2 Å². The molecule has 0 amide bonds.